The van der Waals surface area contributed by atoms with Crippen LogP contribution in [0.1, 0.15) is 43.0 Å². The summed E-state index contributed by atoms with van der Waals surface area (Å²) >= 11 is 0. The number of ether oxygens (including phenoxy) is 2. The summed E-state index contributed by atoms with van der Waals surface area (Å²) < 4.78 is 13.1. The molecule has 3 rings (SSSR count). The Morgan fingerprint density at radius 1 is 1.29 bits per heavy atom. The molecule has 0 saturated heterocycles. The van der Waals surface area contributed by atoms with Crippen LogP contribution in [0.2, 0.25) is 0 Å². The molecule has 1 amide bonds. The van der Waals surface area contributed by atoms with E-state index in [1.165, 1.54) is 0 Å². The van der Waals surface area contributed by atoms with E-state index in [4.69, 9.17) is 9.47 Å². The lowest BCUT2D eigenvalue weighted by atomic mass is 10.1. The van der Waals surface area contributed by atoms with Gasteiger partial charge in [-0.2, -0.15) is 0 Å². The van der Waals surface area contributed by atoms with Crippen LogP contribution >= 0.6 is 0 Å². The van der Waals surface area contributed by atoms with Gasteiger partial charge in [0.15, 0.2) is 11.5 Å². The monoisotopic (exact) mass is 329 g/mol. The minimum absolute atomic E-state index is 0.0201. The van der Waals surface area contributed by atoms with Crippen LogP contribution in [0.15, 0.2) is 24.4 Å². The number of rotatable bonds is 5. The Bertz CT molecular complexity index is 737. The average Bonchev–Trinajstić information content (AvgIpc) is 2.98. The molecule has 6 nitrogen and oxygen atoms in total. The molecule has 1 aromatic carbocycles. The van der Waals surface area contributed by atoms with E-state index in [-0.39, 0.29) is 12.0 Å². The van der Waals surface area contributed by atoms with Gasteiger partial charge in [-0.05, 0) is 38.8 Å². The van der Waals surface area contributed by atoms with E-state index in [9.17, 15) is 4.79 Å². The topological polar surface area (TPSA) is 65.4 Å². The molecule has 1 aliphatic heterocycles. The quantitative estimate of drug-likeness (QED) is 0.914. The standard InChI is InChI=1S/C18H23N3O3/c1-12(2)24-16-10-13(7-8-15(16)23-3)20-18(22)14-11-19-17-6-4-5-9-21(14)17/h7-8,10-12H,4-6,9H2,1-3H3,(H,20,22). The highest BCUT2D eigenvalue weighted by Crippen LogP contribution is 2.31. The lowest BCUT2D eigenvalue weighted by Crippen LogP contribution is -2.20. The Morgan fingerprint density at radius 3 is 2.88 bits per heavy atom. The fourth-order valence-corrected chi connectivity index (χ4v) is 2.89. The van der Waals surface area contributed by atoms with Crippen molar-refractivity contribution < 1.29 is 14.3 Å². The largest absolute Gasteiger partial charge is 0.493 e. The molecule has 0 spiro atoms. The molecular formula is C18H23N3O3. The van der Waals surface area contributed by atoms with Gasteiger partial charge in [-0.3, -0.25) is 4.79 Å². The number of anilines is 1. The van der Waals surface area contributed by atoms with E-state index in [1.807, 2.05) is 18.4 Å². The van der Waals surface area contributed by atoms with E-state index in [2.05, 4.69) is 10.3 Å². The first-order valence-corrected chi connectivity index (χ1v) is 8.29. The zero-order valence-electron chi connectivity index (χ0n) is 14.3. The summed E-state index contributed by atoms with van der Waals surface area (Å²) in [4.78, 5) is 17.0. The highest BCUT2D eigenvalue weighted by atomic mass is 16.5. The van der Waals surface area contributed by atoms with Gasteiger partial charge in [0.2, 0.25) is 0 Å². The molecule has 0 atom stereocenters. The van der Waals surface area contributed by atoms with Crippen LogP contribution in [0.5, 0.6) is 11.5 Å². The van der Waals surface area contributed by atoms with E-state index in [0.29, 0.717) is 22.9 Å². The number of fused-ring (bicyclic) bond motifs is 1. The van der Waals surface area contributed by atoms with Crippen molar-refractivity contribution in [1.29, 1.82) is 0 Å². The fourth-order valence-electron chi connectivity index (χ4n) is 2.89. The summed E-state index contributed by atoms with van der Waals surface area (Å²) in [7, 11) is 1.60. The van der Waals surface area contributed by atoms with Crippen molar-refractivity contribution in [2.24, 2.45) is 0 Å². The summed E-state index contributed by atoms with van der Waals surface area (Å²) in [6.45, 7) is 4.74. The third-order valence-electron chi connectivity index (χ3n) is 3.99. The number of hydrogen-bond donors (Lipinski definition) is 1. The molecule has 6 heteroatoms. The summed E-state index contributed by atoms with van der Waals surface area (Å²) in [6.07, 6.45) is 4.82. The number of amides is 1. The Labute approximate surface area is 141 Å². The summed E-state index contributed by atoms with van der Waals surface area (Å²) in [5, 5.41) is 2.92. The second kappa shape index (κ2) is 6.95. The third-order valence-corrected chi connectivity index (χ3v) is 3.99. The molecule has 128 valence electrons. The molecule has 2 aromatic rings. The van der Waals surface area contributed by atoms with Gasteiger partial charge < -0.3 is 19.4 Å². The van der Waals surface area contributed by atoms with Crippen LogP contribution in [0.25, 0.3) is 0 Å². The Balaban J connectivity index is 1.80. The van der Waals surface area contributed by atoms with E-state index in [1.54, 1.807) is 31.5 Å². The normalized spacial score (nSPS) is 13.5. The fraction of sp³-hybridized carbons (Fsp3) is 0.444. The van der Waals surface area contributed by atoms with E-state index < -0.39 is 0 Å². The lowest BCUT2D eigenvalue weighted by Gasteiger charge is -2.17. The molecule has 2 heterocycles. The average molecular weight is 329 g/mol. The smallest absolute Gasteiger partial charge is 0.273 e. The predicted octanol–water partition coefficient (Wildman–Crippen LogP) is 3.27. The molecule has 0 radical (unpaired) electrons. The lowest BCUT2D eigenvalue weighted by molar-refractivity contribution is 0.101. The van der Waals surface area contributed by atoms with Crippen LogP contribution in [-0.4, -0.2) is 28.7 Å². The zero-order chi connectivity index (χ0) is 17.1. The van der Waals surface area contributed by atoms with Crippen molar-refractivity contribution in [2.75, 3.05) is 12.4 Å². The first kappa shape index (κ1) is 16.4. The van der Waals surface area contributed by atoms with Crippen molar-refractivity contribution in [3.63, 3.8) is 0 Å². The second-order valence-corrected chi connectivity index (χ2v) is 6.15. The maximum Gasteiger partial charge on any atom is 0.273 e. The van der Waals surface area contributed by atoms with Crippen molar-refractivity contribution in [1.82, 2.24) is 9.55 Å². The van der Waals surface area contributed by atoms with Gasteiger partial charge in [0, 0.05) is 24.7 Å². The van der Waals surface area contributed by atoms with Gasteiger partial charge in [0.25, 0.3) is 5.91 Å². The number of carbonyl (C=O) groups is 1. The number of carbonyl (C=O) groups excluding carboxylic acids is 1. The van der Waals surface area contributed by atoms with Crippen LogP contribution in [0.3, 0.4) is 0 Å². The van der Waals surface area contributed by atoms with Gasteiger partial charge in [0.05, 0.1) is 19.4 Å². The van der Waals surface area contributed by atoms with Gasteiger partial charge in [-0.15, -0.1) is 0 Å². The number of nitrogens with one attached hydrogen (secondary N) is 1. The molecule has 24 heavy (non-hydrogen) atoms. The number of methoxy groups -OCH3 is 1. The van der Waals surface area contributed by atoms with Crippen LogP contribution < -0.4 is 14.8 Å². The molecular weight excluding hydrogens is 306 g/mol. The third kappa shape index (κ3) is 3.37. The van der Waals surface area contributed by atoms with Crippen LogP contribution in [0.4, 0.5) is 5.69 Å². The highest BCUT2D eigenvalue weighted by molar-refractivity contribution is 6.03. The first-order valence-electron chi connectivity index (χ1n) is 8.29. The maximum atomic E-state index is 12.6. The van der Waals surface area contributed by atoms with Crippen molar-refractivity contribution in [3.8, 4) is 11.5 Å². The van der Waals surface area contributed by atoms with Crippen LogP contribution in [0, 0.1) is 0 Å². The number of benzene rings is 1. The number of aromatic nitrogens is 2. The minimum atomic E-state index is -0.156. The minimum Gasteiger partial charge on any atom is -0.493 e. The van der Waals surface area contributed by atoms with Gasteiger partial charge in [-0.1, -0.05) is 0 Å². The second-order valence-electron chi connectivity index (χ2n) is 6.15. The molecule has 0 fully saturated rings. The van der Waals surface area contributed by atoms with Gasteiger partial charge in [0.1, 0.15) is 11.5 Å². The predicted molar refractivity (Wildman–Crippen MR) is 91.9 cm³/mol. The number of aryl methyl sites for hydroxylation is 1. The number of nitrogens with zero attached hydrogens (tertiary/aromatic N) is 2. The zero-order valence-corrected chi connectivity index (χ0v) is 14.3. The van der Waals surface area contributed by atoms with Gasteiger partial charge >= 0.3 is 0 Å². The summed E-state index contributed by atoms with van der Waals surface area (Å²) in [5.74, 6) is 2.09. The number of hydrogen-bond acceptors (Lipinski definition) is 4. The first-order chi connectivity index (χ1) is 11.6. The van der Waals surface area contributed by atoms with Crippen molar-refractivity contribution in [2.45, 2.75) is 45.8 Å². The maximum absolute atomic E-state index is 12.6. The Morgan fingerprint density at radius 2 is 2.12 bits per heavy atom. The summed E-state index contributed by atoms with van der Waals surface area (Å²) in [5.41, 5.74) is 1.27. The molecule has 0 bridgehead atoms. The van der Waals surface area contributed by atoms with Crippen LogP contribution in [-0.2, 0) is 13.0 Å². The van der Waals surface area contributed by atoms with Crippen molar-refractivity contribution >= 4 is 11.6 Å². The molecule has 0 aliphatic carbocycles. The Hall–Kier alpha value is -2.50. The van der Waals surface area contributed by atoms with E-state index in [0.717, 1.165) is 31.6 Å². The highest BCUT2D eigenvalue weighted by Gasteiger charge is 2.19. The molecule has 1 aliphatic rings. The Kier molecular flexibility index (Phi) is 4.74. The molecule has 1 aromatic heterocycles. The molecule has 1 N–H and O–H groups in total. The van der Waals surface area contributed by atoms with Crippen molar-refractivity contribution in [3.05, 3.63) is 35.9 Å². The molecule has 0 unspecified atom stereocenters. The SMILES string of the molecule is COc1ccc(NC(=O)c2cnc3n2CCCC3)cc1OC(C)C. The summed E-state index contributed by atoms with van der Waals surface area (Å²) in [6, 6.07) is 5.38. The number of imidazole rings is 1. The van der Waals surface area contributed by atoms with E-state index >= 15 is 0 Å². The van der Waals surface area contributed by atoms with Gasteiger partial charge in [-0.25, -0.2) is 4.98 Å². The molecule has 0 saturated carbocycles.